The Labute approximate surface area is 140 Å². The van der Waals surface area contributed by atoms with E-state index in [1.807, 2.05) is 24.5 Å². The second-order valence-electron chi connectivity index (χ2n) is 3.90. The van der Waals surface area contributed by atoms with Gasteiger partial charge in [-0.05, 0) is 59.3 Å². The molecule has 0 amide bonds. The third-order valence-electron chi connectivity index (χ3n) is 2.69. The molecule has 0 atom stereocenters. The summed E-state index contributed by atoms with van der Waals surface area (Å²) in [7, 11) is 0. The number of benzene rings is 1. The summed E-state index contributed by atoms with van der Waals surface area (Å²) in [6.45, 7) is 4.21. The molecule has 20 heavy (non-hydrogen) atoms. The first-order chi connectivity index (χ1) is 9.58. The molecule has 104 valence electrons. The number of thiocarbonyl (C=S) groups is 1. The third-order valence-corrected chi connectivity index (χ3v) is 4.37. The van der Waals surface area contributed by atoms with Gasteiger partial charge in [0.25, 0.3) is 0 Å². The van der Waals surface area contributed by atoms with Crippen LogP contribution < -0.4 is 0 Å². The number of halogens is 1. The molecule has 1 aromatic carbocycles. The second kappa shape index (κ2) is 6.68. The Balaban J connectivity index is 2.65. The van der Waals surface area contributed by atoms with E-state index in [1.165, 1.54) is 11.8 Å². The highest BCUT2D eigenvalue weighted by molar-refractivity contribution is 14.1. The number of rotatable bonds is 3. The molecule has 0 spiro atoms. The van der Waals surface area contributed by atoms with Gasteiger partial charge in [0, 0.05) is 15.5 Å². The van der Waals surface area contributed by atoms with Crippen LogP contribution in [-0.2, 0) is 6.54 Å². The summed E-state index contributed by atoms with van der Waals surface area (Å²) in [5.41, 5.74) is 1.34. The Morgan fingerprint density at radius 1 is 1.60 bits per heavy atom. The number of nitrogens with zero attached hydrogens (tertiary/aromatic N) is 3. The first-order valence-corrected chi connectivity index (χ1v) is 8.41. The number of azo groups is 1. The van der Waals surface area contributed by atoms with Crippen LogP contribution in [0.4, 0.5) is 5.69 Å². The summed E-state index contributed by atoms with van der Waals surface area (Å²) in [6.07, 6.45) is 3.57. The van der Waals surface area contributed by atoms with Gasteiger partial charge in [0.1, 0.15) is 0 Å². The van der Waals surface area contributed by atoms with Gasteiger partial charge >= 0.3 is 0 Å². The molecule has 0 radical (unpaired) electrons. The molecule has 0 saturated heterocycles. The molecule has 0 aliphatic carbocycles. The quantitative estimate of drug-likeness (QED) is 0.336. The molecule has 1 aromatic heterocycles. The van der Waals surface area contributed by atoms with Gasteiger partial charge in [-0.2, -0.15) is 0 Å². The van der Waals surface area contributed by atoms with E-state index in [-0.39, 0.29) is 5.88 Å². The standard InChI is InChI=1S/C13H12IN3OS2/c1-3-6-17-10-5-4-8(14)7-9(10)11(12(17)18)15-16-13(19)20-2/h3-5,7,18H,1,6H2,2H3. The lowest BCUT2D eigenvalue weighted by molar-refractivity contribution is 0.431. The minimum absolute atomic E-state index is 0.0783. The maximum atomic E-state index is 10.3. The zero-order valence-corrected chi connectivity index (χ0v) is 14.5. The van der Waals surface area contributed by atoms with E-state index in [0.29, 0.717) is 16.6 Å². The van der Waals surface area contributed by atoms with Gasteiger partial charge in [-0.3, -0.25) is 0 Å². The number of hydrogen-bond donors (Lipinski definition) is 1. The molecule has 0 aliphatic rings. The van der Waals surface area contributed by atoms with Gasteiger partial charge in [-0.25, -0.2) is 0 Å². The molecule has 2 rings (SSSR count). The fourth-order valence-corrected chi connectivity index (χ4v) is 2.49. The molecule has 0 unspecified atom stereocenters. The summed E-state index contributed by atoms with van der Waals surface area (Å²) >= 11 is 8.56. The van der Waals surface area contributed by atoms with Crippen LogP contribution in [0, 0.1) is 3.57 Å². The van der Waals surface area contributed by atoms with Crippen LogP contribution in [0.5, 0.6) is 5.88 Å². The van der Waals surface area contributed by atoms with Crippen molar-refractivity contribution in [2.45, 2.75) is 6.54 Å². The summed E-state index contributed by atoms with van der Waals surface area (Å²) < 4.78 is 3.24. The Bertz CT molecular complexity index is 709. The van der Waals surface area contributed by atoms with Crippen LogP contribution in [0.15, 0.2) is 41.1 Å². The maximum absolute atomic E-state index is 10.3. The number of aromatic nitrogens is 1. The number of thioether (sulfide) groups is 1. The lowest BCUT2D eigenvalue weighted by Crippen LogP contribution is -1.93. The van der Waals surface area contributed by atoms with Gasteiger partial charge in [0.2, 0.25) is 5.88 Å². The van der Waals surface area contributed by atoms with Crippen molar-refractivity contribution in [3.05, 3.63) is 34.4 Å². The van der Waals surface area contributed by atoms with Crippen molar-refractivity contribution in [1.82, 2.24) is 4.57 Å². The van der Waals surface area contributed by atoms with E-state index in [1.54, 1.807) is 10.6 Å². The number of fused-ring (bicyclic) bond motifs is 1. The summed E-state index contributed by atoms with van der Waals surface area (Å²) in [6, 6.07) is 5.90. The molecule has 1 heterocycles. The van der Waals surface area contributed by atoms with Gasteiger partial charge in [0.15, 0.2) is 10.0 Å². The normalized spacial score (nSPS) is 11.3. The van der Waals surface area contributed by atoms with Crippen LogP contribution in [0.3, 0.4) is 0 Å². The predicted octanol–water partition coefficient (Wildman–Crippen LogP) is 4.87. The van der Waals surface area contributed by atoms with Crippen molar-refractivity contribution in [3.63, 3.8) is 0 Å². The van der Waals surface area contributed by atoms with Crippen molar-refractivity contribution in [2.75, 3.05) is 6.26 Å². The Hall–Kier alpha value is -0.930. The van der Waals surface area contributed by atoms with Gasteiger partial charge in [-0.15, -0.1) is 16.8 Å². The molecule has 1 N–H and O–H groups in total. The smallest absolute Gasteiger partial charge is 0.221 e. The number of allylic oxidation sites excluding steroid dienone is 1. The SMILES string of the molecule is C=CCn1c(O)c(N=NC(=S)SC)c2cc(I)ccc21. The largest absolute Gasteiger partial charge is 0.493 e. The van der Waals surface area contributed by atoms with Crippen LogP contribution in [0.1, 0.15) is 0 Å². The molecule has 2 aromatic rings. The van der Waals surface area contributed by atoms with Crippen molar-refractivity contribution < 1.29 is 5.11 Å². The third kappa shape index (κ3) is 3.04. The Morgan fingerprint density at radius 2 is 2.35 bits per heavy atom. The summed E-state index contributed by atoms with van der Waals surface area (Å²) in [4.78, 5) is 0. The van der Waals surface area contributed by atoms with Crippen LogP contribution >= 0.6 is 46.6 Å². The van der Waals surface area contributed by atoms with E-state index >= 15 is 0 Å². The molecule has 4 nitrogen and oxygen atoms in total. The summed E-state index contributed by atoms with van der Waals surface area (Å²) in [5.74, 6) is 0.0783. The minimum atomic E-state index is 0.0783. The lowest BCUT2D eigenvalue weighted by Gasteiger charge is -2.02. The first-order valence-electron chi connectivity index (χ1n) is 5.69. The highest BCUT2D eigenvalue weighted by Crippen LogP contribution is 2.39. The topological polar surface area (TPSA) is 49.9 Å². The molecule has 0 saturated carbocycles. The Kier molecular flexibility index (Phi) is 5.17. The first kappa shape index (κ1) is 15.5. The number of hydrogen-bond acceptors (Lipinski definition) is 4. The zero-order chi connectivity index (χ0) is 14.7. The van der Waals surface area contributed by atoms with Crippen molar-refractivity contribution in [3.8, 4) is 5.88 Å². The average Bonchev–Trinajstić information content (AvgIpc) is 2.69. The zero-order valence-electron chi connectivity index (χ0n) is 10.7. The van der Waals surface area contributed by atoms with Crippen LogP contribution in [0.2, 0.25) is 0 Å². The fourth-order valence-electron chi connectivity index (χ4n) is 1.84. The van der Waals surface area contributed by atoms with E-state index in [2.05, 4.69) is 39.4 Å². The van der Waals surface area contributed by atoms with Crippen molar-refractivity contribution >= 4 is 67.5 Å². The monoisotopic (exact) mass is 417 g/mol. The van der Waals surface area contributed by atoms with E-state index in [4.69, 9.17) is 12.2 Å². The van der Waals surface area contributed by atoms with E-state index in [9.17, 15) is 5.11 Å². The second-order valence-corrected chi connectivity index (χ2v) is 6.59. The highest BCUT2D eigenvalue weighted by Gasteiger charge is 2.16. The molecular weight excluding hydrogens is 405 g/mol. The molecule has 0 aliphatic heterocycles. The van der Waals surface area contributed by atoms with Gasteiger partial charge in [0.05, 0.1) is 5.52 Å². The van der Waals surface area contributed by atoms with E-state index < -0.39 is 0 Å². The van der Waals surface area contributed by atoms with Gasteiger partial charge < -0.3 is 9.67 Å². The van der Waals surface area contributed by atoms with Gasteiger partial charge in [-0.1, -0.05) is 17.8 Å². The Morgan fingerprint density at radius 3 is 3.00 bits per heavy atom. The maximum Gasteiger partial charge on any atom is 0.221 e. The fraction of sp³-hybridized carbons (Fsp3) is 0.154. The minimum Gasteiger partial charge on any atom is -0.493 e. The van der Waals surface area contributed by atoms with Crippen LogP contribution in [0.25, 0.3) is 10.9 Å². The van der Waals surface area contributed by atoms with E-state index in [0.717, 1.165) is 14.5 Å². The van der Waals surface area contributed by atoms with Crippen molar-refractivity contribution in [1.29, 1.82) is 0 Å². The molecular formula is C13H12IN3OS2. The van der Waals surface area contributed by atoms with Crippen molar-refractivity contribution in [2.24, 2.45) is 10.2 Å². The number of aromatic hydroxyl groups is 1. The molecule has 7 heteroatoms. The highest BCUT2D eigenvalue weighted by atomic mass is 127. The van der Waals surface area contributed by atoms with Crippen LogP contribution in [-0.4, -0.2) is 20.2 Å². The summed E-state index contributed by atoms with van der Waals surface area (Å²) in [5, 5.41) is 19.2. The molecule has 0 fully saturated rings. The predicted molar refractivity (Wildman–Crippen MR) is 97.1 cm³/mol. The molecule has 0 bridgehead atoms. The average molecular weight is 417 g/mol. The lowest BCUT2D eigenvalue weighted by atomic mass is 10.2.